The van der Waals surface area contributed by atoms with Gasteiger partial charge >= 0.3 is 0 Å². The highest BCUT2D eigenvalue weighted by molar-refractivity contribution is 5.85. The summed E-state index contributed by atoms with van der Waals surface area (Å²) in [5.74, 6) is -2.44. The van der Waals surface area contributed by atoms with Gasteiger partial charge in [0.15, 0.2) is 0 Å². The van der Waals surface area contributed by atoms with Gasteiger partial charge in [-0.25, -0.2) is 8.78 Å². The number of alkyl halides is 2. The first-order valence-electron chi connectivity index (χ1n) is 4.25. The standard InChI is InChI=1S/C8H13F2N.ClH/c9-8(10)5-7(11-6-8)3-1-2-4-7;/h11H,1-6H2;1H. The van der Waals surface area contributed by atoms with E-state index in [-0.39, 0.29) is 30.9 Å². The molecule has 1 spiro atoms. The Morgan fingerprint density at radius 3 is 2.08 bits per heavy atom. The summed E-state index contributed by atoms with van der Waals surface area (Å²) in [4.78, 5) is 0. The highest BCUT2D eigenvalue weighted by Gasteiger charge is 2.49. The molecule has 72 valence electrons. The van der Waals surface area contributed by atoms with Crippen molar-refractivity contribution in [2.45, 2.75) is 43.6 Å². The van der Waals surface area contributed by atoms with Crippen LogP contribution in [0.1, 0.15) is 32.1 Å². The number of nitrogens with one attached hydrogen (secondary N) is 1. The number of hydrogen-bond donors (Lipinski definition) is 1. The predicted octanol–water partition coefficient (Wildman–Crippen LogP) is 2.35. The van der Waals surface area contributed by atoms with E-state index < -0.39 is 5.92 Å². The third-order valence-electron chi connectivity index (χ3n) is 2.88. The lowest BCUT2D eigenvalue weighted by Gasteiger charge is -2.22. The van der Waals surface area contributed by atoms with Crippen molar-refractivity contribution in [1.29, 1.82) is 0 Å². The first-order valence-corrected chi connectivity index (χ1v) is 4.25. The van der Waals surface area contributed by atoms with Crippen molar-refractivity contribution in [3.05, 3.63) is 0 Å². The topological polar surface area (TPSA) is 12.0 Å². The Kier molecular flexibility index (Phi) is 2.64. The summed E-state index contributed by atoms with van der Waals surface area (Å²) in [5, 5.41) is 2.97. The van der Waals surface area contributed by atoms with Gasteiger partial charge in [0.05, 0.1) is 6.54 Å². The zero-order valence-electron chi connectivity index (χ0n) is 6.91. The van der Waals surface area contributed by atoms with E-state index in [9.17, 15) is 8.78 Å². The molecule has 0 amide bonds. The molecular weight excluding hydrogens is 184 g/mol. The van der Waals surface area contributed by atoms with Gasteiger partial charge in [-0.2, -0.15) is 0 Å². The zero-order valence-corrected chi connectivity index (χ0v) is 7.72. The molecule has 0 bridgehead atoms. The molecule has 1 aliphatic carbocycles. The lowest BCUT2D eigenvalue weighted by Crippen LogP contribution is -2.35. The van der Waals surface area contributed by atoms with Crippen LogP contribution in [-0.4, -0.2) is 18.0 Å². The maximum Gasteiger partial charge on any atom is 0.262 e. The van der Waals surface area contributed by atoms with Gasteiger partial charge in [-0.05, 0) is 12.8 Å². The quantitative estimate of drug-likeness (QED) is 0.629. The van der Waals surface area contributed by atoms with Crippen LogP contribution in [-0.2, 0) is 0 Å². The molecule has 0 atom stereocenters. The third kappa shape index (κ3) is 1.72. The Balaban J connectivity index is 0.000000720. The van der Waals surface area contributed by atoms with E-state index in [0.29, 0.717) is 0 Å². The van der Waals surface area contributed by atoms with Crippen LogP contribution >= 0.6 is 12.4 Å². The molecule has 0 aromatic carbocycles. The summed E-state index contributed by atoms with van der Waals surface area (Å²) >= 11 is 0. The van der Waals surface area contributed by atoms with Crippen LogP contribution in [0.25, 0.3) is 0 Å². The Hall–Kier alpha value is 0.110. The molecule has 1 saturated carbocycles. The van der Waals surface area contributed by atoms with Crippen LogP contribution < -0.4 is 5.32 Å². The molecule has 2 aliphatic rings. The smallest absolute Gasteiger partial charge is 0.262 e. The molecule has 0 unspecified atom stereocenters. The maximum absolute atomic E-state index is 12.8. The summed E-state index contributed by atoms with van der Waals surface area (Å²) in [6, 6.07) is 0. The molecule has 0 aromatic heterocycles. The first-order chi connectivity index (χ1) is 5.12. The molecule has 1 nitrogen and oxygen atoms in total. The predicted molar refractivity (Wildman–Crippen MR) is 46.0 cm³/mol. The molecule has 1 N–H and O–H groups in total. The Morgan fingerprint density at radius 2 is 1.67 bits per heavy atom. The molecule has 1 heterocycles. The Labute approximate surface area is 77.3 Å². The monoisotopic (exact) mass is 197 g/mol. The van der Waals surface area contributed by atoms with Crippen LogP contribution in [0.15, 0.2) is 0 Å². The fourth-order valence-electron chi connectivity index (χ4n) is 2.34. The lowest BCUT2D eigenvalue weighted by molar-refractivity contribution is 0.0161. The molecule has 4 heteroatoms. The SMILES string of the molecule is Cl.FC1(F)CNC2(CCCC2)C1. The van der Waals surface area contributed by atoms with Crippen LogP contribution in [0.2, 0.25) is 0 Å². The van der Waals surface area contributed by atoms with Crippen LogP contribution in [0.5, 0.6) is 0 Å². The van der Waals surface area contributed by atoms with E-state index in [2.05, 4.69) is 5.32 Å². The van der Waals surface area contributed by atoms with Gasteiger partial charge in [0, 0.05) is 12.0 Å². The minimum absolute atomic E-state index is 0. The number of hydrogen-bond acceptors (Lipinski definition) is 1. The van der Waals surface area contributed by atoms with Crippen molar-refractivity contribution in [2.75, 3.05) is 6.54 Å². The van der Waals surface area contributed by atoms with Gasteiger partial charge in [-0.1, -0.05) is 12.8 Å². The minimum atomic E-state index is -2.44. The third-order valence-corrected chi connectivity index (χ3v) is 2.88. The number of halogens is 3. The van der Waals surface area contributed by atoms with E-state index in [1.807, 2.05) is 0 Å². The number of rotatable bonds is 0. The highest BCUT2D eigenvalue weighted by atomic mass is 35.5. The molecule has 2 fully saturated rings. The molecule has 1 saturated heterocycles. The van der Waals surface area contributed by atoms with Crippen molar-refractivity contribution in [3.8, 4) is 0 Å². The molecule has 1 aliphatic heterocycles. The summed E-state index contributed by atoms with van der Waals surface area (Å²) < 4.78 is 25.6. The van der Waals surface area contributed by atoms with E-state index in [1.54, 1.807) is 0 Å². The molecule has 0 radical (unpaired) electrons. The summed E-state index contributed by atoms with van der Waals surface area (Å²) in [6.07, 6.45) is 4.19. The second-order valence-corrected chi connectivity index (χ2v) is 3.87. The average Bonchev–Trinajstić information content (AvgIpc) is 2.43. The largest absolute Gasteiger partial charge is 0.305 e. The summed E-state index contributed by atoms with van der Waals surface area (Å²) in [6.45, 7) is -0.104. The van der Waals surface area contributed by atoms with Gasteiger partial charge in [0.1, 0.15) is 0 Å². The van der Waals surface area contributed by atoms with Crippen molar-refractivity contribution in [3.63, 3.8) is 0 Å². The second-order valence-electron chi connectivity index (χ2n) is 3.87. The minimum Gasteiger partial charge on any atom is -0.305 e. The fourth-order valence-corrected chi connectivity index (χ4v) is 2.34. The molecule has 12 heavy (non-hydrogen) atoms. The van der Waals surface area contributed by atoms with E-state index in [1.165, 1.54) is 0 Å². The molecule has 0 aromatic rings. The lowest BCUT2D eigenvalue weighted by atomic mass is 9.95. The van der Waals surface area contributed by atoms with E-state index >= 15 is 0 Å². The highest BCUT2D eigenvalue weighted by Crippen LogP contribution is 2.42. The fraction of sp³-hybridized carbons (Fsp3) is 1.00. The summed E-state index contributed by atoms with van der Waals surface area (Å²) in [7, 11) is 0. The van der Waals surface area contributed by atoms with Crippen LogP contribution in [0.3, 0.4) is 0 Å². The van der Waals surface area contributed by atoms with Gasteiger partial charge in [0.2, 0.25) is 0 Å². The normalized spacial score (nSPS) is 30.5. The van der Waals surface area contributed by atoms with Gasteiger partial charge in [0.25, 0.3) is 5.92 Å². The average molecular weight is 198 g/mol. The Morgan fingerprint density at radius 1 is 1.08 bits per heavy atom. The zero-order chi connectivity index (χ0) is 7.95. The van der Waals surface area contributed by atoms with Crippen LogP contribution in [0, 0.1) is 0 Å². The van der Waals surface area contributed by atoms with E-state index in [4.69, 9.17) is 0 Å². The second kappa shape index (κ2) is 3.11. The van der Waals surface area contributed by atoms with E-state index in [0.717, 1.165) is 25.7 Å². The van der Waals surface area contributed by atoms with Crippen LogP contribution in [0.4, 0.5) is 8.78 Å². The maximum atomic E-state index is 12.8. The summed E-state index contributed by atoms with van der Waals surface area (Å²) in [5.41, 5.74) is -0.177. The molecule has 2 rings (SSSR count). The van der Waals surface area contributed by atoms with Gasteiger partial charge in [-0.15, -0.1) is 12.4 Å². The molecular formula is C8H14ClF2N. The van der Waals surface area contributed by atoms with Crippen molar-refractivity contribution in [2.24, 2.45) is 0 Å². The van der Waals surface area contributed by atoms with Crippen molar-refractivity contribution < 1.29 is 8.78 Å². The van der Waals surface area contributed by atoms with Crippen molar-refractivity contribution >= 4 is 12.4 Å². The Bertz CT molecular complexity index is 166. The first kappa shape index (κ1) is 10.2. The van der Waals surface area contributed by atoms with Gasteiger partial charge in [-0.3, -0.25) is 0 Å². The van der Waals surface area contributed by atoms with Crippen molar-refractivity contribution in [1.82, 2.24) is 5.32 Å². The van der Waals surface area contributed by atoms with Gasteiger partial charge < -0.3 is 5.32 Å².